The Bertz CT molecular complexity index is 550. The number of thiazole rings is 1. The van der Waals surface area contributed by atoms with E-state index in [1.165, 1.54) is 4.88 Å². The molecule has 1 amide bonds. The quantitative estimate of drug-likeness (QED) is 0.660. The van der Waals surface area contributed by atoms with Crippen LogP contribution in [0.15, 0.2) is 6.20 Å². The van der Waals surface area contributed by atoms with Crippen LogP contribution in [-0.4, -0.2) is 30.1 Å². The predicted octanol–water partition coefficient (Wildman–Crippen LogP) is 3.06. The summed E-state index contributed by atoms with van der Waals surface area (Å²) in [5, 5.41) is 6.53. The largest absolute Gasteiger partial charge is 0.381 e. The van der Waals surface area contributed by atoms with Gasteiger partial charge in [0.15, 0.2) is 5.13 Å². The van der Waals surface area contributed by atoms with Crippen molar-refractivity contribution in [2.24, 2.45) is 5.92 Å². The highest BCUT2D eigenvalue weighted by Gasteiger charge is 2.34. The summed E-state index contributed by atoms with van der Waals surface area (Å²) in [6.45, 7) is 1.63. The van der Waals surface area contributed by atoms with E-state index < -0.39 is 0 Å². The first-order valence-electron chi connectivity index (χ1n) is 7.31. The summed E-state index contributed by atoms with van der Waals surface area (Å²) in [5.41, 5.74) is 0. The third-order valence-corrected chi connectivity index (χ3v) is 5.25. The number of nitrogens with one attached hydrogen (secondary N) is 2. The van der Waals surface area contributed by atoms with Crippen LogP contribution in [0.2, 0.25) is 0 Å². The van der Waals surface area contributed by atoms with Crippen molar-refractivity contribution in [3.8, 4) is 12.5 Å². The third-order valence-electron chi connectivity index (χ3n) is 4.17. The first-order valence-corrected chi connectivity index (χ1v) is 8.13. The second-order valence-corrected chi connectivity index (χ2v) is 6.66. The zero-order valence-electron chi connectivity index (χ0n) is 11.8. The number of hydrogen-bond acceptors (Lipinski definition) is 5. The van der Waals surface area contributed by atoms with Crippen molar-refractivity contribution in [1.82, 2.24) is 10.3 Å². The first kappa shape index (κ1) is 16.8. The molecule has 1 aromatic rings. The van der Waals surface area contributed by atoms with Crippen LogP contribution in [0.4, 0.5) is 5.13 Å². The van der Waals surface area contributed by atoms with Gasteiger partial charge in [-0.3, -0.25) is 4.79 Å². The van der Waals surface area contributed by atoms with E-state index in [0.717, 1.165) is 38.9 Å². The minimum atomic E-state index is 0. The highest BCUT2D eigenvalue weighted by Crippen LogP contribution is 2.34. The van der Waals surface area contributed by atoms with Crippen molar-refractivity contribution < 1.29 is 12.4 Å². The monoisotopic (exact) mass is 325 g/mol. The van der Waals surface area contributed by atoms with Gasteiger partial charge < -0.3 is 15.4 Å². The topological polar surface area (TPSA) is 63.2 Å². The van der Waals surface area contributed by atoms with Crippen LogP contribution in [0.3, 0.4) is 0 Å². The van der Waals surface area contributed by atoms with Gasteiger partial charge >= 0.3 is 0 Å². The lowest BCUT2D eigenvalue weighted by atomic mass is 9.80. The summed E-state index contributed by atoms with van der Waals surface area (Å²) in [4.78, 5) is 17.7. The maximum Gasteiger partial charge on any atom is 0.229 e. The van der Waals surface area contributed by atoms with Crippen LogP contribution in [0.5, 0.6) is 0 Å². The molecule has 0 spiro atoms. The Morgan fingerprint density at radius 3 is 2.86 bits per heavy atom. The van der Waals surface area contributed by atoms with Crippen molar-refractivity contribution in [3.63, 3.8) is 0 Å². The van der Waals surface area contributed by atoms with Crippen LogP contribution in [0.25, 0.3) is 0 Å². The molecule has 0 atom stereocenters. The number of carbonyl (C=O) groups is 1. The molecular weight excluding hydrogens is 298 g/mol. The van der Waals surface area contributed by atoms with Gasteiger partial charge in [-0.05, 0) is 31.6 Å². The minimum Gasteiger partial charge on any atom is -0.381 e. The molecule has 124 valence electrons. The number of hydrogen-bond donors (Lipinski definition) is 2. The van der Waals surface area contributed by atoms with Gasteiger partial charge in [-0.25, -0.2) is 4.98 Å². The molecule has 0 bridgehead atoms. The van der Waals surface area contributed by atoms with Gasteiger partial charge in [0, 0.05) is 45.1 Å². The fourth-order valence-corrected chi connectivity index (χ4v) is 3.78. The van der Waals surface area contributed by atoms with Gasteiger partial charge in [0.05, 0.1) is 0 Å². The zero-order chi connectivity index (χ0) is 14.7. The third kappa shape index (κ3) is 3.79. The Kier molecular flexibility index (Phi) is 5.81. The number of anilines is 1. The van der Waals surface area contributed by atoms with Gasteiger partial charge in [-0.1, -0.05) is 13.9 Å². The van der Waals surface area contributed by atoms with Gasteiger partial charge in [0.1, 0.15) is 0 Å². The number of nitrogens with zero attached hydrogens (tertiary/aromatic N) is 1. The maximum absolute atomic E-state index is 12.1. The molecule has 2 N–H and O–H groups in total. The second-order valence-electron chi connectivity index (χ2n) is 5.60. The standard InChI is InChI=1S/C15H19N3O2S.CH4.2H2/c1-2-16-12-7-11(8-12)14(19)18-15-17-9-13(21-15)10-3-5-20-6-4-10;;;/h1,9-12,16H,3-8H2,(H,17,18,19);1H4;2*1H. The summed E-state index contributed by atoms with van der Waals surface area (Å²) in [7, 11) is 0. The Morgan fingerprint density at radius 1 is 1.45 bits per heavy atom. The molecule has 1 saturated carbocycles. The summed E-state index contributed by atoms with van der Waals surface area (Å²) < 4.78 is 5.37. The predicted molar refractivity (Wildman–Crippen MR) is 93.0 cm³/mol. The zero-order valence-corrected chi connectivity index (χ0v) is 12.6. The van der Waals surface area contributed by atoms with Gasteiger partial charge in [-0.2, -0.15) is 0 Å². The van der Waals surface area contributed by atoms with E-state index in [1.807, 2.05) is 6.20 Å². The van der Waals surface area contributed by atoms with Crippen LogP contribution >= 0.6 is 11.3 Å². The highest BCUT2D eigenvalue weighted by molar-refractivity contribution is 7.15. The molecular formula is C16H27N3O2S. The van der Waals surface area contributed by atoms with Crippen LogP contribution in [0, 0.1) is 18.4 Å². The molecule has 3 rings (SSSR count). The Morgan fingerprint density at radius 2 is 2.18 bits per heavy atom. The number of rotatable bonds is 4. The lowest BCUT2D eigenvalue weighted by Crippen LogP contribution is -2.44. The molecule has 0 unspecified atom stereocenters. The van der Waals surface area contributed by atoms with Crippen molar-refractivity contribution in [2.75, 3.05) is 18.5 Å². The molecule has 0 aromatic carbocycles. The summed E-state index contributed by atoms with van der Waals surface area (Å²) in [5.74, 6) is 0.624. The molecule has 5 nitrogen and oxygen atoms in total. The molecule has 22 heavy (non-hydrogen) atoms. The Hall–Kier alpha value is -1.58. The first-order chi connectivity index (χ1) is 10.3. The van der Waals surface area contributed by atoms with E-state index in [9.17, 15) is 4.79 Å². The second kappa shape index (κ2) is 7.61. The van der Waals surface area contributed by atoms with Crippen molar-refractivity contribution in [3.05, 3.63) is 11.1 Å². The summed E-state index contributed by atoms with van der Waals surface area (Å²) in [6, 6.07) is 2.69. The highest BCUT2D eigenvalue weighted by atomic mass is 32.1. The van der Waals surface area contributed by atoms with E-state index in [0.29, 0.717) is 11.0 Å². The normalized spacial score (nSPS) is 24.5. The fourth-order valence-electron chi connectivity index (χ4n) is 2.79. The molecule has 2 aliphatic rings. The van der Waals surface area contributed by atoms with Gasteiger partial charge in [0.25, 0.3) is 0 Å². The van der Waals surface area contributed by atoms with E-state index in [1.54, 1.807) is 11.3 Å². The van der Waals surface area contributed by atoms with Crippen LogP contribution in [-0.2, 0) is 9.53 Å². The van der Waals surface area contributed by atoms with Crippen molar-refractivity contribution in [2.45, 2.75) is 45.1 Å². The van der Waals surface area contributed by atoms with Crippen molar-refractivity contribution in [1.29, 1.82) is 0 Å². The van der Waals surface area contributed by atoms with Gasteiger partial charge in [0.2, 0.25) is 5.91 Å². The lowest BCUT2D eigenvalue weighted by molar-refractivity contribution is -0.122. The average molecular weight is 325 g/mol. The average Bonchev–Trinajstić information content (AvgIpc) is 2.91. The molecule has 2 fully saturated rings. The number of aromatic nitrogens is 1. The number of terminal acetylenes is 1. The van der Waals surface area contributed by atoms with E-state index in [-0.39, 0.29) is 28.1 Å². The lowest BCUT2D eigenvalue weighted by Gasteiger charge is -2.33. The number of ether oxygens (including phenoxy) is 1. The van der Waals surface area contributed by atoms with E-state index >= 15 is 0 Å². The molecule has 1 aliphatic carbocycles. The molecule has 2 heterocycles. The smallest absolute Gasteiger partial charge is 0.229 e. The molecule has 6 heteroatoms. The summed E-state index contributed by atoms with van der Waals surface area (Å²) in [6.07, 6.45) is 10.7. The fraction of sp³-hybridized carbons (Fsp3) is 0.625. The van der Waals surface area contributed by atoms with Crippen LogP contribution in [0.1, 0.15) is 46.8 Å². The van der Waals surface area contributed by atoms with Crippen LogP contribution < -0.4 is 10.6 Å². The Balaban J connectivity index is 0.00000176. The van der Waals surface area contributed by atoms with E-state index in [2.05, 4.69) is 21.7 Å². The SMILES string of the molecule is C.C#CNC1CC(C(=O)Nc2ncc(C3CCOCC3)s2)C1.[HH].[HH]. The Labute approximate surface area is 138 Å². The molecule has 1 saturated heterocycles. The number of amides is 1. The molecule has 0 radical (unpaired) electrons. The van der Waals surface area contributed by atoms with Gasteiger partial charge in [-0.15, -0.1) is 11.3 Å². The molecule has 1 aromatic heterocycles. The maximum atomic E-state index is 12.1. The molecule has 1 aliphatic heterocycles. The van der Waals surface area contributed by atoms with Crippen molar-refractivity contribution >= 4 is 22.4 Å². The van der Waals surface area contributed by atoms with E-state index in [4.69, 9.17) is 11.2 Å². The minimum absolute atomic E-state index is 0. The number of carbonyl (C=O) groups excluding carboxylic acids is 1. The summed E-state index contributed by atoms with van der Waals surface area (Å²) >= 11 is 1.58.